The van der Waals surface area contributed by atoms with Gasteiger partial charge in [0.15, 0.2) is 0 Å². The van der Waals surface area contributed by atoms with Crippen molar-refractivity contribution in [2.45, 2.75) is 26.8 Å². The Morgan fingerprint density at radius 1 is 1.61 bits per heavy atom. The Labute approximate surface area is 107 Å². The molecule has 1 atom stereocenters. The van der Waals surface area contributed by atoms with E-state index in [1.165, 1.54) is 0 Å². The fourth-order valence-corrected chi connectivity index (χ4v) is 2.27. The molecule has 0 aromatic carbocycles. The van der Waals surface area contributed by atoms with Crippen LogP contribution in [0.25, 0.3) is 0 Å². The molecule has 4 heteroatoms. The molecule has 0 N–H and O–H groups in total. The maximum absolute atomic E-state index is 11.9. The van der Waals surface area contributed by atoms with Crippen molar-refractivity contribution in [2.24, 2.45) is 11.8 Å². The average molecular weight is 243 g/mol. The number of carbonyl (C=O) groups is 1. The highest BCUT2D eigenvalue weighted by Gasteiger charge is 2.31. The fraction of sp³-hybridized carbons (Fsp3) is 0.500. The summed E-state index contributed by atoms with van der Waals surface area (Å²) in [6.07, 6.45) is 2.23. The van der Waals surface area contributed by atoms with Crippen LogP contribution in [-0.2, 0) is 11.3 Å². The van der Waals surface area contributed by atoms with E-state index < -0.39 is 0 Å². The summed E-state index contributed by atoms with van der Waals surface area (Å²) in [6.45, 7) is 5.58. The SMILES string of the molecule is CC(C)C1CC(=O)N(Cc2cccnc2C#N)C1. The van der Waals surface area contributed by atoms with Gasteiger partial charge in [-0.05, 0) is 17.9 Å². The van der Waals surface area contributed by atoms with Crippen molar-refractivity contribution < 1.29 is 4.79 Å². The number of amides is 1. The zero-order valence-corrected chi connectivity index (χ0v) is 10.8. The van der Waals surface area contributed by atoms with Crippen LogP contribution in [0, 0.1) is 23.2 Å². The van der Waals surface area contributed by atoms with Crippen molar-refractivity contribution in [2.75, 3.05) is 6.54 Å². The second-order valence-corrected chi connectivity index (χ2v) is 5.11. The van der Waals surface area contributed by atoms with Crippen LogP contribution in [0.4, 0.5) is 0 Å². The van der Waals surface area contributed by atoms with Gasteiger partial charge in [0.05, 0.1) is 0 Å². The number of likely N-dealkylation sites (tertiary alicyclic amines) is 1. The van der Waals surface area contributed by atoms with Crippen molar-refractivity contribution in [1.29, 1.82) is 5.26 Å². The lowest BCUT2D eigenvalue weighted by Gasteiger charge is -2.18. The smallest absolute Gasteiger partial charge is 0.223 e. The van der Waals surface area contributed by atoms with Crippen LogP contribution in [0.15, 0.2) is 18.3 Å². The Morgan fingerprint density at radius 3 is 3.00 bits per heavy atom. The monoisotopic (exact) mass is 243 g/mol. The molecule has 4 nitrogen and oxygen atoms in total. The molecule has 18 heavy (non-hydrogen) atoms. The second-order valence-electron chi connectivity index (χ2n) is 5.11. The molecule has 1 saturated heterocycles. The van der Waals surface area contributed by atoms with E-state index >= 15 is 0 Å². The van der Waals surface area contributed by atoms with E-state index in [1.807, 2.05) is 11.0 Å². The molecule has 1 aliphatic rings. The molecule has 1 aromatic rings. The third-order valence-electron chi connectivity index (χ3n) is 3.55. The zero-order chi connectivity index (χ0) is 13.1. The van der Waals surface area contributed by atoms with Crippen LogP contribution in [0.1, 0.15) is 31.5 Å². The van der Waals surface area contributed by atoms with Gasteiger partial charge in [0.1, 0.15) is 11.8 Å². The summed E-state index contributed by atoms with van der Waals surface area (Å²) in [5.74, 6) is 1.13. The van der Waals surface area contributed by atoms with Gasteiger partial charge in [0.25, 0.3) is 0 Å². The summed E-state index contributed by atoms with van der Waals surface area (Å²) in [7, 11) is 0. The first-order valence-electron chi connectivity index (χ1n) is 6.23. The molecule has 0 spiro atoms. The summed E-state index contributed by atoms with van der Waals surface area (Å²) in [5, 5.41) is 8.98. The highest BCUT2D eigenvalue weighted by molar-refractivity contribution is 5.78. The van der Waals surface area contributed by atoms with Crippen LogP contribution in [-0.4, -0.2) is 22.3 Å². The maximum atomic E-state index is 11.9. The number of hydrogen-bond acceptors (Lipinski definition) is 3. The molecule has 0 saturated carbocycles. The van der Waals surface area contributed by atoms with Crippen molar-refractivity contribution >= 4 is 5.91 Å². The van der Waals surface area contributed by atoms with Crippen molar-refractivity contribution in [3.05, 3.63) is 29.6 Å². The Morgan fingerprint density at radius 2 is 2.39 bits per heavy atom. The minimum absolute atomic E-state index is 0.182. The van der Waals surface area contributed by atoms with Gasteiger partial charge in [-0.3, -0.25) is 4.79 Å². The van der Waals surface area contributed by atoms with E-state index in [0.717, 1.165) is 12.1 Å². The minimum atomic E-state index is 0.182. The maximum Gasteiger partial charge on any atom is 0.223 e. The normalized spacial score (nSPS) is 19.3. The van der Waals surface area contributed by atoms with E-state index in [1.54, 1.807) is 12.3 Å². The van der Waals surface area contributed by atoms with E-state index in [9.17, 15) is 4.79 Å². The Kier molecular flexibility index (Phi) is 3.61. The second kappa shape index (κ2) is 5.18. The van der Waals surface area contributed by atoms with Gasteiger partial charge in [-0.25, -0.2) is 4.98 Å². The van der Waals surface area contributed by atoms with Gasteiger partial charge in [-0.15, -0.1) is 0 Å². The number of aromatic nitrogens is 1. The van der Waals surface area contributed by atoms with E-state index in [2.05, 4.69) is 24.9 Å². The summed E-state index contributed by atoms with van der Waals surface area (Å²) >= 11 is 0. The Hall–Kier alpha value is -1.89. The molecule has 0 aliphatic carbocycles. The lowest BCUT2D eigenvalue weighted by molar-refractivity contribution is -0.128. The average Bonchev–Trinajstić information content (AvgIpc) is 2.72. The number of rotatable bonds is 3. The van der Waals surface area contributed by atoms with E-state index in [0.29, 0.717) is 30.5 Å². The number of pyridine rings is 1. The third-order valence-corrected chi connectivity index (χ3v) is 3.55. The van der Waals surface area contributed by atoms with Gasteiger partial charge in [-0.1, -0.05) is 19.9 Å². The van der Waals surface area contributed by atoms with Gasteiger partial charge >= 0.3 is 0 Å². The molecule has 2 rings (SSSR count). The van der Waals surface area contributed by atoms with Crippen LogP contribution in [0.5, 0.6) is 0 Å². The molecule has 2 heterocycles. The Bertz CT molecular complexity index is 490. The molecule has 0 bridgehead atoms. The minimum Gasteiger partial charge on any atom is -0.338 e. The molecule has 1 aromatic heterocycles. The van der Waals surface area contributed by atoms with Gasteiger partial charge in [-0.2, -0.15) is 5.26 Å². The van der Waals surface area contributed by atoms with Crippen LogP contribution >= 0.6 is 0 Å². The molecule has 1 amide bonds. The lowest BCUT2D eigenvalue weighted by Crippen LogP contribution is -2.25. The third kappa shape index (κ3) is 2.51. The van der Waals surface area contributed by atoms with Crippen molar-refractivity contribution in [3.63, 3.8) is 0 Å². The van der Waals surface area contributed by atoms with Gasteiger partial charge < -0.3 is 4.90 Å². The summed E-state index contributed by atoms with van der Waals surface area (Å²) in [4.78, 5) is 17.8. The lowest BCUT2D eigenvalue weighted by atomic mass is 9.95. The summed E-state index contributed by atoms with van der Waals surface area (Å²) < 4.78 is 0. The molecular formula is C14H17N3O. The van der Waals surface area contributed by atoms with Crippen LogP contribution in [0.2, 0.25) is 0 Å². The largest absolute Gasteiger partial charge is 0.338 e. The summed E-state index contributed by atoms with van der Waals surface area (Å²) in [6, 6.07) is 5.73. The van der Waals surface area contributed by atoms with Crippen LogP contribution < -0.4 is 0 Å². The number of carbonyl (C=O) groups excluding carboxylic acids is 1. The first-order chi connectivity index (χ1) is 8.61. The van der Waals surface area contributed by atoms with Crippen molar-refractivity contribution in [1.82, 2.24) is 9.88 Å². The summed E-state index contributed by atoms with van der Waals surface area (Å²) in [5.41, 5.74) is 1.25. The first kappa shape index (κ1) is 12.6. The topological polar surface area (TPSA) is 57.0 Å². The Balaban J connectivity index is 2.11. The molecular weight excluding hydrogens is 226 g/mol. The number of nitrogens with zero attached hydrogens (tertiary/aromatic N) is 3. The number of nitriles is 1. The van der Waals surface area contributed by atoms with Gasteiger partial charge in [0.2, 0.25) is 5.91 Å². The van der Waals surface area contributed by atoms with E-state index in [4.69, 9.17) is 5.26 Å². The van der Waals surface area contributed by atoms with E-state index in [-0.39, 0.29) is 5.91 Å². The van der Waals surface area contributed by atoms with Gasteiger partial charge in [0, 0.05) is 31.3 Å². The van der Waals surface area contributed by atoms with Crippen LogP contribution in [0.3, 0.4) is 0 Å². The molecule has 1 unspecified atom stereocenters. The first-order valence-corrected chi connectivity index (χ1v) is 6.23. The molecule has 94 valence electrons. The fourth-order valence-electron chi connectivity index (χ4n) is 2.27. The zero-order valence-electron chi connectivity index (χ0n) is 10.8. The molecule has 0 radical (unpaired) electrons. The predicted octanol–water partition coefficient (Wildman–Crippen LogP) is 1.96. The molecule has 1 aliphatic heterocycles. The molecule has 1 fully saturated rings. The predicted molar refractivity (Wildman–Crippen MR) is 67.3 cm³/mol. The van der Waals surface area contributed by atoms with Crippen molar-refractivity contribution in [3.8, 4) is 6.07 Å². The quantitative estimate of drug-likeness (QED) is 0.815. The highest BCUT2D eigenvalue weighted by atomic mass is 16.2. The highest BCUT2D eigenvalue weighted by Crippen LogP contribution is 2.26. The number of hydrogen-bond donors (Lipinski definition) is 0. The standard InChI is InChI=1S/C14H17N3O/c1-10(2)12-6-14(18)17(9-12)8-11-4-3-5-16-13(11)7-15/h3-5,10,12H,6,8-9H2,1-2H3.